The Morgan fingerprint density at radius 1 is 1.10 bits per heavy atom. The first-order valence-corrected chi connectivity index (χ1v) is 14.1. The Kier molecular flexibility index (Phi) is 6.23. The van der Waals surface area contributed by atoms with E-state index in [1.54, 1.807) is 12.3 Å². The molecule has 0 amide bonds. The third kappa shape index (κ3) is 4.39. The zero-order valence-electron chi connectivity index (χ0n) is 23.1. The first-order valence-electron chi connectivity index (χ1n) is 14.1. The van der Waals surface area contributed by atoms with Crippen LogP contribution in [0, 0.1) is 35.3 Å². The molecule has 0 radical (unpaired) electrons. The van der Waals surface area contributed by atoms with Crippen molar-refractivity contribution >= 4 is 33.4 Å². The van der Waals surface area contributed by atoms with Crippen molar-refractivity contribution in [3.8, 4) is 29.7 Å². The summed E-state index contributed by atoms with van der Waals surface area (Å²) < 4.78 is 37.6. The Balaban J connectivity index is 1.45. The SMILES string of the molecule is C#Cc1c(F)ccc2cc(C#N)cc(-c3ncc4c(N5C[C@H]6CC[C@@H](C5)O6)nc(N5CCC(C)(O)CC5)nc4c3F)c12. The number of hydrogen-bond acceptors (Lipinski definition) is 8. The van der Waals surface area contributed by atoms with E-state index in [-0.39, 0.29) is 40.1 Å². The van der Waals surface area contributed by atoms with E-state index in [1.165, 1.54) is 18.2 Å². The fraction of sp³-hybridized carbons (Fsp3) is 0.375. The van der Waals surface area contributed by atoms with E-state index >= 15 is 4.39 Å². The van der Waals surface area contributed by atoms with Crippen LogP contribution >= 0.6 is 0 Å². The minimum Gasteiger partial charge on any atom is -0.390 e. The van der Waals surface area contributed by atoms with E-state index in [0.29, 0.717) is 66.9 Å². The van der Waals surface area contributed by atoms with Crippen LogP contribution < -0.4 is 9.80 Å². The van der Waals surface area contributed by atoms with Crippen molar-refractivity contribution in [2.75, 3.05) is 36.0 Å². The van der Waals surface area contributed by atoms with E-state index in [4.69, 9.17) is 21.1 Å². The number of halogens is 2. The van der Waals surface area contributed by atoms with Gasteiger partial charge in [-0.3, -0.25) is 4.98 Å². The van der Waals surface area contributed by atoms with Crippen LogP contribution in [0.15, 0.2) is 30.5 Å². The van der Waals surface area contributed by atoms with Gasteiger partial charge in [-0.2, -0.15) is 10.2 Å². The maximum Gasteiger partial charge on any atom is 0.228 e. The van der Waals surface area contributed by atoms with Gasteiger partial charge < -0.3 is 19.6 Å². The standard InChI is InChI=1S/C32H28F2N6O2/c1-3-22-25(33)7-4-19-12-18(14-35)13-23(26(19)22)28-27(34)29-24(15-36-28)30(40-16-20-5-6-21(17-40)42-20)38-31(37-29)39-10-8-32(2,41)9-11-39/h1,4,7,12-13,15,20-21,41H,5-6,8-11,16-17H2,2H3/t20-,21+. The Morgan fingerprint density at radius 2 is 1.83 bits per heavy atom. The normalized spacial score (nSPS) is 21.5. The molecular weight excluding hydrogens is 538 g/mol. The van der Waals surface area contributed by atoms with Crippen LogP contribution in [0.25, 0.3) is 32.9 Å². The summed E-state index contributed by atoms with van der Waals surface area (Å²) in [5, 5.41) is 21.5. The number of piperidine rings is 1. The molecule has 5 heterocycles. The average Bonchev–Trinajstić information content (AvgIpc) is 3.33. The Morgan fingerprint density at radius 3 is 2.52 bits per heavy atom. The molecule has 3 aliphatic rings. The van der Waals surface area contributed by atoms with Crippen LogP contribution in [-0.2, 0) is 4.74 Å². The molecule has 2 aromatic carbocycles. The fourth-order valence-electron chi connectivity index (χ4n) is 6.41. The molecule has 7 rings (SSSR count). The second-order valence-corrected chi connectivity index (χ2v) is 11.7. The highest BCUT2D eigenvalue weighted by Gasteiger charge is 2.36. The van der Waals surface area contributed by atoms with Crippen molar-refractivity contribution in [1.29, 1.82) is 5.26 Å². The molecule has 2 aromatic heterocycles. The molecule has 2 atom stereocenters. The van der Waals surface area contributed by atoms with Gasteiger partial charge in [-0.25, -0.2) is 13.8 Å². The molecule has 3 saturated heterocycles. The Bertz CT molecular complexity index is 1820. The summed E-state index contributed by atoms with van der Waals surface area (Å²) in [5.74, 6) is 2.01. The summed E-state index contributed by atoms with van der Waals surface area (Å²) in [5.41, 5.74) is -0.325. The molecule has 8 nitrogen and oxygen atoms in total. The van der Waals surface area contributed by atoms with Crippen molar-refractivity contribution in [3.05, 3.63) is 53.2 Å². The van der Waals surface area contributed by atoms with Crippen molar-refractivity contribution in [3.63, 3.8) is 0 Å². The zero-order chi connectivity index (χ0) is 29.2. The zero-order valence-corrected chi connectivity index (χ0v) is 23.1. The van der Waals surface area contributed by atoms with Gasteiger partial charge >= 0.3 is 0 Å². The summed E-state index contributed by atoms with van der Waals surface area (Å²) in [4.78, 5) is 18.2. The molecule has 0 spiro atoms. The van der Waals surface area contributed by atoms with Gasteiger partial charge in [-0.1, -0.05) is 12.0 Å². The molecule has 4 aromatic rings. The number of rotatable bonds is 3. The van der Waals surface area contributed by atoms with E-state index < -0.39 is 17.2 Å². The van der Waals surface area contributed by atoms with Crippen LogP contribution in [0.2, 0.25) is 0 Å². The lowest BCUT2D eigenvalue weighted by molar-refractivity contribution is 0.0302. The number of aliphatic hydroxyl groups is 1. The minimum absolute atomic E-state index is 0.0264. The number of benzene rings is 2. The van der Waals surface area contributed by atoms with Gasteiger partial charge in [-0.15, -0.1) is 6.42 Å². The Labute approximate surface area is 241 Å². The van der Waals surface area contributed by atoms with Crippen molar-refractivity contribution < 1.29 is 18.6 Å². The maximum absolute atomic E-state index is 16.8. The quantitative estimate of drug-likeness (QED) is 0.357. The minimum atomic E-state index is -0.779. The molecule has 10 heteroatoms. The maximum atomic E-state index is 16.8. The largest absolute Gasteiger partial charge is 0.390 e. The summed E-state index contributed by atoms with van der Waals surface area (Å²) in [6.07, 6.45) is 10.4. The van der Waals surface area contributed by atoms with Gasteiger partial charge in [0.2, 0.25) is 5.95 Å². The number of ether oxygens (including phenoxy) is 1. The van der Waals surface area contributed by atoms with E-state index in [1.807, 2.05) is 11.8 Å². The van der Waals surface area contributed by atoms with Gasteiger partial charge in [0.15, 0.2) is 5.82 Å². The van der Waals surface area contributed by atoms with Crippen LogP contribution in [0.4, 0.5) is 20.5 Å². The molecule has 2 bridgehead atoms. The Hall–Kier alpha value is -4.38. The molecule has 3 aliphatic heterocycles. The highest BCUT2D eigenvalue weighted by Crippen LogP contribution is 2.39. The van der Waals surface area contributed by atoms with Crippen molar-refractivity contribution in [1.82, 2.24) is 15.0 Å². The summed E-state index contributed by atoms with van der Waals surface area (Å²) in [7, 11) is 0. The second-order valence-electron chi connectivity index (χ2n) is 11.7. The first kappa shape index (κ1) is 26.5. The van der Waals surface area contributed by atoms with E-state index in [9.17, 15) is 14.8 Å². The van der Waals surface area contributed by atoms with E-state index in [0.717, 1.165) is 12.8 Å². The predicted molar refractivity (Wildman–Crippen MR) is 155 cm³/mol. The lowest BCUT2D eigenvalue weighted by Gasteiger charge is -2.37. The third-order valence-electron chi connectivity index (χ3n) is 8.71. The van der Waals surface area contributed by atoms with Gasteiger partial charge in [0.05, 0.1) is 40.4 Å². The third-order valence-corrected chi connectivity index (χ3v) is 8.71. The number of anilines is 2. The lowest BCUT2D eigenvalue weighted by Crippen LogP contribution is -2.44. The number of aromatic nitrogens is 3. The lowest BCUT2D eigenvalue weighted by atomic mass is 9.94. The molecule has 3 fully saturated rings. The van der Waals surface area contributed by atoms with Crippen LogP contribution in [0.1, 0.15) is 43.7 Å². The molecule has 0 unspecified atom stereocenters. The van der Waals surface area contributed by atoms with Crippen molar-refractivity contribution in [2.24, 2.45) is 0 Å². The van der Waals surface area contributed by atoms with Crippen LogP contribution in [0.3, 0.4) is 0 Å². The molecule has 212 valence electrons. The van der Waals surface area contributed by atoms with Crippen LogP contribution in [-0.4, -0.2) is 64.0 Å². The number of fused-ring (bicyclic) bond motifs is 4. The smallest absolute Gasteiger partial charge is 0.228 e. The highest BCUT2D eigenvalue weighted by molar-refractivity contribution is 6.03. The number of pyridine rings is 1. The number of nitrogens with zero attached hydrogens (tertiary/aromatic N) is 6. The monoisotopic (exact) mass is 566 g/mol. The summed E-state index contributed by atoms with van der Waals surface area (Å²) in [6.45, 7) is 4.10. The van der Waals surface area contributed by atoms with Gasteiger partial charge in [-0.05, 0) is 56.2 Å². The van der Waals surface area contributed by atoms with E-state index in [2.05, 4.69) is 21.9 Å². The number of morpholine rings is 1. The topological polar surface area (TPSA) is 98.4 Å². The fourth-order valence-corrected chi connectivity index (χ4v) is 6.41. The first-order chi connectivity index (χ1) is 20.2. The predicted octanol–water partition coefficient (Wildman–Crippen LogP) is 4.69. The molecule has 42 heavy (non-hydrogen) atoms. The van der Waals surface area contributed by atoms with Gasteiger partial charge in [0.1, 0.15) is 22.8 Å². The molecular formula is C32H28F2N6O2. The summed E-state index contributed by atoms with van der Waals surface area (Å²) >= 11 is 0. The molecule has 0 aliphatic carbocycles. The molecule has 0 saturated carbocycles. The number of terminal acetylenes is 1. The number of hydrogen-bond donors (Lipinski definition) is 1. The number of nitriles is 1. The average molecular weight is 567 g/mol. The second kappa shape index (κ2) is 9.87. The summed E-state index contributed by atoms with van der Waals surface area (Å²) in [6, 6.07) is 7.93. The van der Waals surface area contributed by atoms with Crippen LogP contribution in [0.5, 0.6) is 0 Å². The molecule has 1 N–H and O–H groups in total. The van der Waals surface area contributed by atoms with Crippen molar-refractivity contribution in [2.45, 2.75) is 50.4 Å². The van der Waals surface area contributed by atoms with Gasteiger partial charge in [0.25, 0.3) is 0 Å². The highest BCUT2D eigenvalue weighted by atomic mass is 19.1. The van der Waals surface area contributed by atoms with Gasteiger partial charge in [0, 0.05) is 43.3 Å².